The molecule has 6 heteroatoms. The Morgan fingerprint density at radius 3 is 2.08 bits per heavy atom. The zero-order chi connectivity index (χ0) is 17.6. The molecule has 0 saturated carbocycles. The van der Waals surface area contributed by atoms with Crippen LogP contribution in [0.1, 0.15) is 37.1 Å². The monoisotopic (exact) mass is 335 g/mol. The van der Waals surface area contributed by atoms with Gasteiger partial charge in [0.1, 0.15) is 12.7 Å². The molecule has 0 bridgehead atoms. The molecule has 0 radical (unpaired) electrons. The molecule has 2 unspecified atom stereocenters. The van der Waals surface area contributed by atoms with Gasteiger partial charge in [-0.1, -0.05) is 42.5 Å². The highest BCUT2D eigenvalue weighted by atomic mass is 16.2. The van der Waals surface area contributed by atoms with Crippen LogP contribution >= 0.6 is 0 Å². The second kappa shape index (κ2) is 7.61. The van der Waals surface area contributed by atoms with Gasteiger partial charge in [0.05, 0.1) is 17.8 Å². The van der Waals surface area contributed by atoms with Gasteiger partial charge in [-0.05, 0) is 37.1 Å². The molecule has 25 heavy (non-hydrogen) atoms. The largest absolute Gasteiger partial charge is 0.332 e. The van der Waals surface area contributed by atoms with Gasteiger partial charge in [-0.2, -0.15) is 5.10 Å². The third-order valence-electron chi connectivity index (χ3n) is 4.07. The number of urea groups is 1. The minimum atomic E-state index is -0.191. The number of nitrogens with one attached hydrogen (secondary N) is 2. The molecule has 3 aromatic rings. The van der Waals surface area contributed by atoms with Crippen molar-refractivity contribution in [3.05, 3.63) is 78.4 Å². The Morgan fingerprint density at radius 1 is 0.920 bits per heavy atom. The Bertz CT molecular complexity index is 800. The zero-order valence-electron chi connectivity index (χ0n) is 14.3. The molecule has 0 spiro atoms. The first-order valence-corrected chi connectivity index (χ1v) is 8.20. The maximum absolute atomic E-state index is 12.2. The predicted molar refractivity (Wildman–Crippen MR) is 96.3 cm³/mol. The fourth-order valence-corrected chi connectivity index (χ4v) is 2.60. The molecular formula is C19H21N5O. The Morgan fingerprint density at radius 2 is 1.52 bits per heavy atom. The predicted octanol–water partition coefficient (Wildman–Crippen LogP) is 3.39. The second-order valence-corrected chi connectivity index (χ2v) is 5.90. The van der Waals surface area contributed by atoms with E-state index in [1.54, 1.807) is 11.0 Å². The SMILES string of the molecule is CC(NC(=O)NC(C)c1ccc(-n2cncn2)cc1)c1ccccc1. The number of amides is 2. The Hall–Kier alpha value is -3.15. The average molecular weight is 335 g/mol. The van der Waals surface area contributed by atoms with E-state index in [9.17, 15) is 4.79 Å². The van der Waals surface area contributed by atoms with E-state index in [-0.39, 0.29) is 18.1 Å². The quantitative estimate of drug-likeness (QED) is 0.751. The summed E-state index contributed by atoms with van der Waals surface area (Å²) in [7, 11) is 0. The van der Waals surface area contributed by atoms with Gasteiger partial charge in [0.25, 0.3) is 0 Å². The van der Waals surface area contributed by atoms with Gasteiger partial charge in [-0.3, -0.25) is 0 Å². The molecule has 0 saturated heterocycles. The topological polar surface area (TPSA) is 71.8 Å². The molecular weight excluding hydrogens is 314 g/mol. The number of hydrogen-bond acceptors (Lipinski definition) is 3. The van der Waals surface area contributed by atoms with Gasteiger partial charge in [-0.15, -0.1) is 0 Å². The third-order valence-corrected chi connectivity index (χ3v) is 4.07. The molecule has 0 fully saturated rings. The minimum absolute atomic E-state index is 0.0527. The Kier molecular flexibility index (Phi) is 5.09. The number of carbonyl (C=O) groups excluding carboxylic acids is 1. The number of benzene rings is 2. The highest BCUT2D eigenvalue weighted by Gasteiger charge is 2.13. The van der Waals surface area contributed by atoms with Crippen LogP contribution in [0, 0.1) is 0 Å². The van der Waals surface area contributed by atoms with Crippen molar-refractivity contribution in [3.8, 4) is 5.69 Å². The lowest BCUT2D eigenvalue weighted by Gasteiger charge is -2.19. The van der Waals surface area contributed by atoms with E-state index < -0.39 is 0 Å². The summed E-state index contributed by atoms with van der Waals surface area (Å²) in [5.41, 5.74) is 3.02. The van der Waals surface area contributed by atoms with E-state index in [0.717, 1.165) is 16.8 Å². The van der Waals surface area contributed by atoms with Crippen LogP contribution in [0.4, 0.5) is 4.79 Å². The van der Waals surface area contributed by atoms with Crippen LogP contribution in [0.5, 0.6) is 0 Å². The van der Waals surface area contributed by atoms with Crippen molar-refractivity contribution < 1.29 is 4.79 Å². The van der Waals surface area contributed by atoms with Gasteiger partial charge < -0.3 is 10.6 Å². The molecule has 1 heterocycles. The number of nitrogens with zero attached hydrogens (tertiary/aromatic N) is 3. The summed E-state index contributed by atoms with van der Waals surface area (Å²) in [4.78, 5) is 16.2. The maximum Gasteiger partial charge on any atom is 0.315 e. The van der Waals surface area contributed by atoms with Gasteiger partial charge in [-0.25, -0.2) is 14.5 Å². The number of carbonyl (C=O) groups is 1. The summed E-state index contributed by atoms with van der Waals surface area (Å²) in [6.45, 7) is 3.92. The number of hydrogen-bond donors (Lipinski definition) is 2. The molecule has 128 valence electrons. The van der Waals surface area contributed by atoms with E-state index in [4.69, 9.17) is 0 Å². The number of rotatable bonds is 5. The summed E-state index contributed by atoms with van der Waals surface area (Å²) in [6, 6.07) is 17.4. The fraction of sp³-hybridized carbons (Fsp3) is 0.211. The van der Waals surface area contributed by atoms with Crippen molar-refractivity contribution in [1.29, 1.82) is 0 Å². The van der Waals surface area contributed by atoms with Crippen LogP contribution in [0.2, 0.25) is 0 Å². The zero-order valence-corrected chi connectivity index (χ0v) is 14.3. The Labute approximate surface area is 146 Å². The lowest BCUT2D eigenvalue weighted by molar-refractivity contribution is 0.235. The standard InChI is InChI=1S/C19H21N5O/c1-14(16-6-4-3-5-7-16)22-19(25)23-15(2)17-8-10-18(11-9-17)24-13-20-12-21-24/h3-15H,1-2H3,(H2,22,23,25). The third kappa shape index (κ3) is 4.23. The first-order valence-electron chi connectivity index (χ1n) is 8.20. The lowest BCUT2D eigenvalue weighted by Crippen LogP contribution is -2.38. The van der Waals surface area contributed by atoms with E-state index in [1.165, 1.54) is 6.33 Å². The molecule has 0 aliphatic heterocycles. The van der Waals surface area contributed by atoms with Crippen molar-refractivity contribution in [1.82, 2.24) is 25.4 Å². The molecule has 2 aromatic carbocycles. The van der Waals surface area contributed by atoms with E-state index >= 15 is 0 Å². The summed E-state index contributed by atoms with van der Waals surface area (Å²) in [6.07, 6.45) is 3.14. The van der Waals surface area contributed by atoms with Gasteiger partial charge in [0, 0.05) is 0 Å². The van der Waals surface area contributed by atoms with Crippen LogP contribution in [0.3, 0.4) is 0 Å². The second-order valence-electron chi connectivity index (χ2n) is 5.90. The normalized spacial score (nSPS) is 13.0. The van der Waals surface area contributed by atoms with Crippen LogP contribution < -0.4 is 10.6 Å². The summed E-state index contributed by atoms with van der Waals surface area (Å²) in [5.74, 6) is 0. The van der Waals surface area contributed by atoms with E-state index in [1.807, 2.05) is 68.4 Å². The minimum Gasteiger partial charge on any atom is -0.332 e. The number of aromatic nitrogens is 3. The van der Waals surface area contributed by atoms with E-state index in [0.29, 0.717) is 0 Å². The molecule has 3 rings (SSSR count). The first-order chi connectivity index (χ1) is 12.1. The smallest absolute Gasteiger partial charge is 0.315 e. The van der Waals surface area contributed by atoms with Gasteiger partial charge in [0.2, 0.25) is 0 Å². The van der Waals surface area contributed by atoms with Crippen LogP contribution in [0.25, 0.3) is 5.69 Å². The summed E-state index contributed by atoms with van der Waals surface area (Å²) >= 11 is 0. The highest BCUT2D eigenvalue weighted by molar-refractivity contribution is 5.75. The highest BCUT2D eigenvalue weighted by Crippen LogP contribution is 2.16. The van der Waals surface area contributed by atoms with E-state index in [2.05, 4.69) is 20.7 Å². The van der Waals surface area contributed by atoms with Gasteiger partial charge in [0.15, 0.2) is 0 Å². The first kappa shape index (κ1) is 16.7. The van der Waals surface area contributed by atoms with Gasteiger partial charge >= 0.3 is 6.03 Å². The van der Waals surface area contributed by atoms with Crippen LogP contribution in [-0.4, -0.2) is 20.8 Å². The van der Waals surface area contributed by atoms with Crippen LogP contribution in [-0.2, 0) is 0 Å². The fourth-order valence-electron chi connectivity index (χ4n) is 2.60. The van der Waals surface area contributed by atoms with Crippen molar-refractivity contribution in [2.24, 2.45) is 0 Å². The molecule has 2 N–H and O–H groups in total. The maximum atomic E-state index is 12.2. The molecule has 2 atom stereocenters. The molecule has 0 aliphatic carbocycles. The average Bonchev–Trinajstić information content (AvgIpc) is 3.17. The van der Waals surface area contributed by atoms with Crippen LogP contribution in [0.15, 0.2) is 67.3 Å². The molecule has 0 aliphatic rings. The molecule has 1 aromatic heterocycles. The summed E-state index contributed by atoms with van der Waals surface area (Å²) in [5, 5.41) is 10.0. The molecule has 6 nitrogen and oxygen atoms in total. The van der Waals surface area contributed by atoms with Crippen molar-refractivity contribution in [3.63, 3.8) is 0 Å². The Balaban J connectivity index is 1.58. The van der Waals surface area contributed by atoms with Crippen molar-refractivity contribution in [2.75, 3.05) is 0 Å². The van der Waals surface area contributed by atoms with Crippen molar-refractivity contribution in [2.45, 2.75) is 25.9 Å². The summed E-state index contributed by atoms with van der Waals surface area (Å²) < 4.78 is 1.69. The molecule has 2 amide bonds. The lowest BCUT2D eigenvalue weighted by atomic mass is 10.1. The van der Waals surface area contributed by atoms with Crippen molar-refractivity contribution >= 4 is 6.03 Å².